The van der Waals surface area contributed by atoms with Crippen molar-refractivity contribution in [3.8, 4) is 40.1 Å². The van der Waals surface area contributed by atoms with E-state index >= 15 is 0 Å². The summed E-state index contributed by atoms with van der Waals surface area (Å²) in [6, 6.07) is 31.0. The molecule has 0 aliphatic rings. The summed E-state index contributed by atoms with van der Waals surface area (Å²) in [4.78, 5) is 8.47. The predicted molar refractivity (Wildman–Crippen MR) is 137 cm³/mol. The minimum absolute atomic E-state index is 0.529. The molecule has 0 aliphatic carbocycles. The smallest absolute Gasteiger partial charge is 0.101 e. The van der Waals surface area contributed by atoms with Crippen molar-refractivity contribution >= 4 is 21.8 Å². The SMILES string of the molecule is N#Cc1cncc(-c2ccc3c(c2)c2cc(-c4cncc(C#N)c4)ccc2n3-c2ccccc2)c1. The number of aromatic nitrogens is 3. The van der Waals surface area contributed by atoms with Gasteiger partial charge in [-0.1, -0.05) is 30.3 Å². The topological polar surface area (TPSA) is 78.3 Å². The third-order valence-electron chi connectivity index (χ3n) is 6.18. The third-order valence-corrected chi connectivity index (χ3v) is 6.18. The zero-order chi connectivity index (χ0) is 23.8. The summed E-state index contributed by atoms with van der Waals surface area (Å²) in [7, 11) is 0. The fourth-order valence-corrected chi connectivity index (χ4v) is 4.56. The summed E-state index contributed by atoms with van der Waals surface area (Å²) in [6.45, 7) is 0. The lowest BCUT2D eigenvalue weighted by Gasteiger charge is -2.08. The Kier molecular flexibility index (Phi) is 4.80. The first-order valence-electron chi connectivity index (χ1n) is 11.1. The Morgan fingerprint density at radius 1 is 0.543 bits per heavy atom. The van der Waals surface area contributed by atoms with Crippen molar-refractivity contribution < 1.29 is 0 Å². The zero-order valence-electron chi connectivity index (χ0n) is 18.6. The number of hydrogen-bond acceptors (Lipinski definition) is 4. The molecule has 6 aromatic rings. The van der Waals surface area contributed by atoms with Crippen LogP contribution in [0.2, 0.25) is 0 Å². The van der Waals surface area contributed by atoms with E-state index in [1.54, 1.807) is 24.8 Å². The van der Waals surface area contributed by atoms with E-state index in [-0.39, 0.29) is 0 Å². The molecule has 162 valence electrons. The lowest BCUT2D eigenvalue weighted by atomic mass is 10.0. The summed E-state index contributed by atoms with van der Waals surface area (Å²) in [5.74, 6) is 0. The molecule has 0 saturated carbocycles. The lowest BCUT2D eigenvalue weighted by Crippen LogP contribution is -1.93. The minimum atomic E-state index is 0.529. The Labute approximate surface area is 201 Å². The van der Waals surface area contributed by atoms with Crippen LogP contribution in [0.5, 0.6) is 0 Å². The molecule has 3 aromatic heterocycles. The van der Waals surface area contributed by atoms with Gasteiger partial charge in [0, 0.05) is 52.4 Å². The zero-order valence-corrected chi connectivity index (χ0v) is 18.6. The number of benzene rings is 3. The summed E-state index contributed by atoms with van der Waals surface area (Å²) in [5, 5.41) is 20.8. The first-order chi connectivity index (χ1) is 17.2. The molecule has 0 amide bonds. The van der Waals surface area contributed by atoms with E-state index in [0.29, 0.717) is 11.1 Å². The van der Waals surface area contributed by atoms with E-state index in [4.69, 9.17) is 0 Å². The van der Waals surface area contributed by atoms with Crippen molar-refractivity contribution in [1.29, 1.82) is 10.5 Å². The Hall–Kier alpha value is -5.26. The molecule has 0 atom stereocenters. The van der Waals surface area contributed by atoms with Gasteiger partial charge in [-0.2, -0.15) is 10.5 Å². The Balaban J connectivity index is 1.64. The maximum Gasteiger partial charge on any atom is 0.101 e. The van der Waals surface area contributed by atoms with E-state index < -0.39 is 0 Å². The average Bonchev–Trinajstić information content (AvgIpc) is 3.26. The highest BCUT2D eigenvalue weighted by Crippen LogP contribution is 2.37. The maximum atomic E-state index is 9.31. The molecule has 3 heterocycles. The van der Waals surface area contributed by atoms with E-state index in [1.807, 2.05) is 30.3 Å². The van der Waals surface area contributed by atoms with Crippen molar-refractivity contribution in [1.82, 2.24) is 14.5 Å². The third kappa shape index (κ3) is 3.49. The Morgan fingerprint density at radius 3 is 1.54 bits per heavy atom. The standard InChI is InChI=1S/C30H17N5/c31-14-20-10-24(18-33-16-20)22-6-8-29-27(12-22)28-13-23(25-11-21(15-32)17-34-19-25)7-9-30(28)35(29)26-4-2-1-3-5-26/h1-13,16-19H. The second-order valence-corrected chi connectivity index (χ2v) is 8.28. The van der Waals surface area contributed by atoms with E-state index in [1.165, 1.54) is 0 Å². The van der Waals surface area contributed by atoms with Gasteiger partial charge in [-0.05, 0) is 59.7 Å². The van der Waals surface area contributed by atoms with Gasteiger partial charge < -0.3 is 4.57 Å². The molecule has 0 bridgehead atoms. The van der Waals surface area contributed by atoms with Gasteiger partial charge in [-0.15, -0.1) is 0 Å². The fourth-order valence-electron chi connectivity index (χ4n) is 4.56. The van der Waals surface area contributed by atoms with Gasteiger partial charge in [0.15, 0.2) is 0 Å². The van der Waals surface area contributed by atoms with Crippen LogP contribution in [0, 0.1) is 22.7 Å². The monoisotopic (exact) mass is 447 g/mol. The lowest BCUT2D eigenvalue weighted by molar-refractivity contribution is 1.18. The maximum absolute atomic E-state index is 9.31. The highest BCUT2D eigenvalue weighted by Gasteiger charge is 2.15. The molecule has 35 heavy (non-hydrogen) atoms. The van der Waals surface area contributed by atoms with Gasteiger partial charge in [-0.3, -0.25) is 9.97 Å². The predicted octanol–water partition coefficient (Wildman–Crippen LogP) is 6.65. The molecular weight excluding hydrogens is 430 g/mol. The van der Waals surface area contributed by atoms with E-state index in [2.05, 4.69) is 75.2 Å². The molecule has 0 N–H and O–H groups in total. The molecule has 0 radical (unpaired) electrons. The second-order valence-electron chi connectivity index (χ2n) is 8.28. The number of fused-ring (bicyclic) bond motifs is 3. The van der Waals surface area contributed by atoms with Gasteiger partial charge in [0.1, 0.15) is 12.1 Å². The van der Waals surface area contributed by atoms with Crippen LogP contribution in [0.3, 0.4) is 0 Å². The molecular formula is C30H17N5. The quantitative estimate of drug-likeness (QED) is 0.304. The number of para-hydroxylation sites is 1. The van der Waals surface area contributed by atoms with Crippen molar-refractivity contribution in [2.75, 3.05) is 0 Å². The van der Waals surface area contributed by atoms with Crippen molar-refractivity contribution in [3.05, 3.63) is 115 Å². The van der Waals surface area contributed by atoms with E-state index in [9.17, 15) is 10.5 Å². The number of rotatable bonds is 3. The molecule has 5 heteroatoms. The average molecular weight is 448 g/mol. The van der Waals surface area contributed by atoms with Crippen LogP contribution < -0.4 is 0 Å². The van der Waals surface area contributed by atoms with Gasteiger partial charge >= 0.3 is 0 Å². The fraction of sp³-hybridized carbons (Fsp3) is 0. The molecule has 6 rings (SSSR count). The molecule has 0 unspecified atom stereocenters. The van der Waals surface area contributed by atoms with Gasteiger partial charge in [-0.25, -0.2) is 0 Å². The summed E-state index contributed by atoms with van der Waals surface area (Å²) in [5.41, 5.74) is 8.08. The molecule has 3 aromatic carbocycles. The number of hydrogen-bond donors (Lipinski definition) is 0. The van der Waals surface area contributed by atoms with Gasteiger partial charge in [0.25, 0.3) is 0 Å². The van der Waals surface area contributed by atoms with Crippen LogP contribution in [0.15, 0.2) is 104 Å². The van der Waals surface area contributed by atoms with Gasteiger partial charge in [0.05, 0.1) is 22.2 Å². The summed E-state index contributed by atoms with van der Waals surface area (Å²) >= 11 is 0. The summed E-state index contributed by atoms with van der Waals surface area (Å²) in [6.07, 6.45) is 6.70. The van der Waals surface area contributed by atoms with Crippen LogP contribution in [-0.4, -0.2) is 14.5 Å². The largest absolute Gasteiger partial charge is 0.309 e. The highest BCUT2D eigenvalue weighted by molar-refractivity contribution is 6.11. The molecule has 0 aliphatic heterocycles. The van der Waals surface area contributed by atoms with E-state index in [0.717, 1.165) is 49.7 Å². The van der Waals surface area contributed by atoms with Crippen LogP contribution >= 0.6 is 0 Å². The van der Waals surface area contributed by atoms with Crippen LogP contribution in [0.4, 0.5) is 0 Å². The Bertz CT molecular complexity index is 1700. The van der Waals surface area contributed by atoms with Crippen molar-refractivity contribution in [3.63, 3.8) is 0 Å². The van der Waals surface area contributed by atoms with Crippen LogP contribution in [0.1, 0.15) is 11.1 Å². The van der Waals surface area contributed by atoms with Crippen molar-refractivity contribution in [2.45, 2.75) is 0 Å². The number of nitrogens with zero attached hydrogens (tertiary/aromatic N) is 5. The number of nitriles is 2. The highest BCUT2D eigenvalue weighted by atomic mass is 15.0. The van der Waals surface area contributed by atoms with Crippen LogP contribution in [0.25, 0.3) is 49.7 Å². The first kappa shape index (κ1) is 20.4. The molecule has 5 nitrogen and oxygen atoms in total. The molecule has 0 saturated heterocycles. The molecule has 0 fully saturated rings. The normalized spacial score (nSPS) is 10.8. The molecule has 0 spiro atoms. The van der Waals surface area contributed by atoms with Gasteiger partial charge in [0.2, 0.25) is 0 Å². The second kappa shape index (κ2) is 8.26. The Morgan fingerprint density at radius 2 is 1.06 bits per heavy atom. The minimum Gasteiger partial charge on any atom is -0.309 e. The summed E-state index contributed by atoms with van der Waals surface area (Å²) < 4.78 is 2.26. The number of pyridine rings is 2. The first-order valence-corrected chi connectivity index (χ1v) is 11.1. The van der Waals surface area contributed by atoms with Crippen molar-refractivity contribution in [2.24, 2.45) is 0 Å². The van der Waals surface area contributed by atoms with Crippen LogP contribution in [-0.2, 0) is 0 Å².